The van der Waals surface area contributed by atoms with Crippen LogP contribution in [-0.2, 0) is 17.8 Å². The molecule has 0 saturated carbocycles. The SMILES string of the molecule is O=C(c1ccc(COCC(F)(F)F)cc1)N1CCc2cc(Br)ccc21. The summed E-state index contributed by atoms with van der Waals surface area (Å²) in [4.78, 5) is 14.4. The molecule has 0 aliphatic carbocycles. The second-order valence-electron chi connectivity index (χ2n) is 5.78. The van der Waals surface area contributed by atoms with Crippen LogP contribution in [0.25, 0.3) is 0 Å². The molecular weight excluding hydrogens is 399 g/mol. The van der Waals surface area contributed by atoms with Gasteiger partial charge in [-0.15, -0.1) is 0 Å². The molecule has 2 aromatic rings. The number of amides is 1. The first kappa shape index (κ1) is 17.9. The molecule has 2 aromatic carbocycles. The van der Waals surface area contributed by atoms with Gasteiger partial charge >= 0.3 is 6.18 Å². The number of hydrogen-bond acceptors (Lipinski definition) is 2. The van der Waals surface area contributed by atoms with E-state index in [9.17, 15) is 18.0 Å². The zero-order chi connectivity index (χ0) is 18.0. The third-order valence-electron chi connectivity index (χ3n) is 3.92. The molecule has 0 bridgehead atoms. The van der Waals surface area contributed by atoms with Gasteiger partial charge < -0.3 is 9.64 Å². The third kappa shape index (κ3) is 4.41. The van der Waals surface area contributed by atoms with Crippen molar-refractivity contribution < 1.29 is 22.7 Å². The van der Waals surface area contributed by atoms with E-state index in [0.717, 1.165) is 22.1 Å². The van der Waals surface area contributed by atoms with E-state index in [1.165, 1.54) is 0 Å². The van der Waals surface area contributed by atoms with E-state index in [0.29, 0.717) is 17.7 Å². The highest BCUT2D eigenvalue weighted by molar-refractivity contribution is 9.10. The Morgan fingerprint density at radius 2 is 1.88 bits per heavy atom. The lowest BCUT2D eigenvalue weighted by atomic mass is 10.1. The summed E-state index contributed by atoms with van der Waals surface area (Å²) in [5.41, 5.74) is 3.09. The lowest BCUT2D eigenvalue weighted by Gasteiger charge is -2.17. The molecule has 1 aliphatic heterocycles. The summed E-state index contributed by atoms with van der Waals surface area (Å²) in [6.07, 6.45) is -3.54. The number of halogens is 4. The molecule has 132 valence electrons. The number of fused-ring (bicyclic) bond motifs is 1. The Balaban J connectivity index is 1.66. The summed E-state index contributed by atoms with van der Waals surface area (Å²) in [5.74, 6) is -0.121. The van der Waals surface area contributed by atoms with Crippen LogP contribution in [0, 0.1) is 0 Å². The molecule has 0 radical (unpaired) electrons. The maximum absolute atomic E-state index is 12.7. The summed E-state index contributed by atoms with van der Waals surface area (Å²) in [5, 5.41) is 0. The lowest BCUT2D eigenvalue weighted by Crippen LogP contribution is -2.28. The van der Waals surface area contributed by atoms with Crippen LogP contribution in [0.15, 0.2) is 46.9 Å². The molecule has 0 N–H and O–H groups in total. The van der Waals surface area contributed by atoms with E-state index in [2.05, 4.69) is 20.7 Å². The number of anilines is 1. The minimum atomic E-state index is -4.34. The van der Waals surface area contributed by atoms with Crippen LogP contribution < -0.4 is 4.90 Å². The number of benzene rings is 2. The molecule has 0 aromatic heterocycles. The van der Waals surface area contributed by atoms with Gasteiger partial charge in [-0.3, -0.25) is 4.79 Å². The molecule has 25 heavy (non-hydrogen) atoms. The number of hydrogen-bond donors (Lipinski definition) is 0. The average molecular weight is 414 g/mol. The molecule has 3 rings (SSSR count). The quantitative estimate of drug-likeness (QED) is 0.724. The average Bonchev–Trinajstić information content (AvgIpc) is 2.96. The van der Waals surface area contributed by atoms with Gasteiger partial charge in [-0.05, 0) is 47.9 Å². The Bertz CT molecular complexity index is 775. The summed E-state index contributed by atoms with van der Waals surface area (Å²) in [6.45, 7) is -0.816. The Kier molecular flexibility index (Phi) is 5.15. The number of rotatable bonds is 4. The van der Waals surface area contributed by atoms with Crippen LogP contribution >= 0.6 is 15.9 Å². The van der Waals surface area contributed by atoms with Gasteiger partial charge in [0.15, 0.2) is 0 Å². The Morgan fingerprint density at radius 3 is 2.56 bits per heavy atom. The molecule has 3 nitrogen and oxygen atoms in total. The second kappa shape index (κ2) is 7.17. The number of carbonyl (C=O) groups is 1. The van der Waals surface area contributed by atoms with Crippen molar-refractivity contribution in [1.29, 1.82) is 0 Å². The van der Waals surface area contributed by atoms with Gasteiger partial charge in [0.1, 0.15) is 6.61 Å². The zero-order valence-corrected chi connectivity index (χ0v) is 14.7. The standard InChI is InChI=1S/C18H15BrF3NO2/c19-15-5-6-16-14(9-15)7-8-23(16)17(24)13-3-1-12(2-4-13)10-25-11-18(20,21)22/h1-6,9H,7-8,10-11H2. The van der Waals surface area contributed by atoms with Crippen LogP contribution in [0.5, 0.6) is 0 Å². The highest BCUT2D eigenvalue weighted by atomic mass is 79.9. The molecule has 0 saturated heterocycles. The van der Waals surface area contributed by atoms with Gasteiger partial charge in [0.25, 0.3) is 5.91 Å². The number of alkyl halides is 3. The predicted molar refractivity (Wildman–Crippen MR) is 91.7 cm³/mol. The minimum absolute atomic E-state index is 0.121. The third-order valence-corrected chi connectivity index (χ3v) is 4.41. The van der Waals surface area contributed by atoms with Gasteiger partial charge in [0.05, 0.1) is 6.61 Å². The van der Waals surface area contributed by atoms with Gasteiger partial charge in [-0.1, -0.05) is 28.1 Å². The fraction of sp³-hybridized carbons (Fsp3) is 0.278. The monoisotopic (exact) mass is 413 g/mol. The van der Waals surface area contributed by atoms with Gasteiger partial charge in [-0.25, -0.2) is 0 Å². The Morgan fingerprint density at radius 1 is 1.16 bits per heavy atom. The smallest absolute Gasteiger partial charge is 0.367 e. The normalized spacial score (nSPS) is 13.8. The highest BCUT2D eigenvalue weighted by Crippen LogP contribution is 2.31. The summed E-state index contributed by atoms with van der Waals surface area (Å²) in [6, 6.07) is 12.3. The summed E-state index contributed by atoms with van der Waals surface area (Å²) >= 11 is 3.42. The number of nitrogens with zero attached hydrogens (tertiary/aromatic N) is 1. The molecule has 0 fully saturated rings. The minimum Gasteiger partial charge on any atom is -0.367 e. The second-order valence-corrected chi connectivity index (χ2v) is 6.70. The topological polar surface area (TPSA) is 29.5 Å². The van der Waals surface area contributed by atoms with Crippen molar-refractivity contribution >= 4 is 27.5 Å². The van der Waals surface area contributed by atoms with Gasteiger partial charge in [-0.2, -0.15) is 13.2 Å². The largest absolute Gasteiger partial charge is 0.411 e. The number of ether oxygens (including phenoxy) is 1. The first-order valence-electron chi connectivity index (χ1n) is 7.67. The van der Waals surface area contributed by atoms with E-state index >= 15 is 0 Å². The first-order valence-corrected chi connectivity index (χ1v) is 8.46. The molecule has 7 heteroatoms. The molecule has 0 spiro atoms. The van der Waals surface area contributed by atoms with E-state index in [-0.39, 0.29) is 12.5 Å². The maximum Gasteiger partial charge on any atom is 0.411 e. The van der Waals surface area contributed by atoms with Gasteiger partial charge in [0.2, 0.25) is 0 Å². The molecule has 0 atom stereocenters. The van der Waals surface area contributed by atoms with E-state index in [4.69, 9.17) is 0 Å². The first-order chi connectivity index (χ1) is 11.8. The lowest BCUT2D eigenvalue weighted by molar-refractivity contribution is -0.176. The molecule has 1 heterocycles. The zero-order valence-electron chi connectivity index (χ0n) is 13.1. The maximum atomic E-state index is 12.7. The fourth-order valence-corrected chi connectivity index (χ4v) is 3.17. The predicted octanol–water partition coefficient (Wildman–Crippen LogP) is 4.73. The van der Waals surface area contributed by atoms with Crippen LogP contribution in [0.2, 0.25) is 0 Å². The van der Waals surface area contributed by atoms with Crippen molar-refractivity contribution in [2.75, 3.05) is 18.1 Å². The van der Waals surface area contributed by atoms with Crippen molar-refractivity contribution in [2.24, 2.45) is 0 Å². The van der Waals surface area contributed by atoms with Crippen LogP contribution in [0.1, 0.15) is 21.5 Å². The summed E-state index contributed by atoms with van der Waals surface area (Å²) in [7, 11) is 0. The molecule has 1 amide bonds. The van der Waals surface area contributed by atoms with Crippen molar-refractivity contribution in [2.45, 2.75) is 19.2 Å². The van der Waals surface area contributed by atoms with Crippen molar-refractivity contribution in [3.8, 4) is 0 Å². The van der Waals surface area contributed by atoms with Crippen molar-refractivity contribution in [3.63, 3.8) is 0 Å². The van der Waals surface area contributed by atoms with E-state index < -0.39 is 12.8 Å². The molecule has 1 aliphatic rings. The van der Waals surface area contributed by atoms with E-state index in [1.807, 2.05) is 18.2 Å². The Labute approximate surface area is 151 Å². The van der Waals surface area contributed by atoms with Gasteiger partial charge in [0, 0.05) is 22.3 Å². The Hall–Kier alpha value is -1.86. The highest BCUT2D eigenvalue weighted by Gasteiger charge is 2.27. The fourth-order valence-electron chi connectivity index (χ4n) is 2.77. The van der Waals surface area contributed by atoms with Crippen LogP contribution in [-0.4, -0.2) is 25.2 Å². The van der Waals surface area contributed by atoms with Crippen LogP contribution in [0.4, 0.5) is 18.9 Å². The van der Waals surface area contributed by atoms with Crippen molar-refractivity contribution in [1.82, 2.24) is 0 Å². The van der Waals surface area contributed by atoms with Crippen LogP contribution in [0.3, 0.4) is 0 Å². The molecule has 0 unspecified atom stereocenters. The number of carbonyl (C=O) groups excluding carboxylic acids is 1. The molecular formula is C18H15BrF3NO2. The summed E-state index contributed by atoms with van der Waals surface area (Å²) < 4.78 is 41.8. The van der Waals surface area contributed by atoms with Crippen molar-refractivity contribution in [3.05, 3.63) is 63.6 Å². The van der Waals surface area contributed by atoms with E-state index in [1.54, 1.807) is 29.2 Å².